The van der Waals surface area contributed by atoms with E-state index >= 15 is 0 Å². The molecule has 0 radical (unpaired) electrons. The molecular weight excluding hydrogens is 256 g/mol. The molecule has 0 aliphatic carbocycles. The zero-order valence-corrected chi connectivity index (χ0v) is 11.9. The van der Waals surface area contributed by atoms with Crippen LogP contribution in [0.4, 0.5) is 0 Å². The van der Waals surface area contributed by atoms with E-state index in [0.29, 0.717) is 19.8 Å². The molecule has 0 aromatic heterocycles. The highest BCUT2D eigenvalue weighted by molar-refractivity contribution is 5.98. The SMILES string of the molecule is CCOc1ccc(/C=C/C(=O)C2(C)COCOC2)cc1. The maximum absolute atomic E-state index is 12.2. The molecular formula is C16H20O4. The first kappa shape index (κ1) is 14.8. The van der Waals surface area contributed by atoms with Gasteiger partial charge >= 0.3 is 0 Å². The molecule has 1 aliphatic rings. The molecule has 1 aromatic rings. The Labute approximate surface area is 119 Å². The third-order valence-corrected chi connectivity index (χ3v) is 3.22. The lowest BCUT2D eigenvalue weighted by molar-refractivity contribution is -0.168. The number of ether oxygens (including phenoxy) is 3. The molecule has 0 saturated carbocycles. The molecule has 0 amide bonds. The number of allylic oxidation sites excluding steroid dienone is 1. The summed E-state index contributed by atoms with van der Waals surface area (Å²) in [6.07, 6.45) is 3.39. The van der Waals surface area contributed by atoms with E-state index in [1.165, 1.54) is 0 Å². The maximum atomic E-state index is 12.2. The second-order valence-corrected chi connectivity index (χ2v) is 5.08. The molecule has 2 rings (SSSR count). The molecule has 1 fully saturated rings. The molecule has 1 saturated heterocycles. The second-order valence-electron chi connectivity index (χ2n) is 5.08. The standard InChI is InChI=1S/C16H20O4/c1-3-20-14-7-4-13(5-8-14)6-9-15(17)16(2)10-18-12-19-11-16/h4-9H,3,10-12H2,1-2H3/b9-6+. The Kier molecular flexibility index (Phi) is 4.93. The van der Waals surface area contributed by atoms with Crippen LogP contribution in [0.15, 0.2) is 30.3 Å². The highest BCUT2D eigenvalue weighted by atomic mass is 16.7. The first-order valence-corrected chi connectivity index (χ1v) is 6.75. The van der Waals surface area contributed by atoms with E-state index in [-0.39, 0.29) is 12.6 Å². The molecule has 0 atom stereocenters. The fourth-order valence-electron chi connectivity index (χ4n) is 1.99. The van der Waals surface area contributed by atoms with Crippen molar-refractivity contribution in [3.63, 3.8) is 0 Å². The van der Waals surface area contributed by atoms with Gasteiger partial charge in [-0.2, -0.15) is 0 Å². The van der Waals surface area contributed by atoms with E-state index in [4.69, 9.17) is 14.2 Å². The lowest BCUT2D eigenvalue weighted by Gasteiger charge is -2.30. The van der Waals surface area contributed by atoms with E-state index < -0.39 is 5.41 Å². The largest absolute Gasteiger partial charge is 0.494 e. The number of carbonyl (C=O) groups is 1. The summed E-state index contributed by atoms with van der Waals surface area (Å²) < 4.78 is 15.8. The lowest BCUT2D eigenvalue weighted by Crippen LogP contribution is -2.40. The average molecular weight is 276 g/mol. The maximum Gasteiger partial charge on any atom is 0.166 e. The van der Waals surface area contributed by atoms with Crippen molar-refractivity contribution in [1.82, 2.24) is 0 Å². The van der Waals surface area contributed by atoms with Crippen molar-refractivity contribution in [3.05, 3.63) is 35.9 Å². The normalized spacial score (nSPS) is 18.1. The molecule has 0 unspecified atom stereocenters. The summed E-state index contributed by atoms with van der Waals surface area (Å²) in [5.41, 5.74) is 0.378. The van der Waals surface area contributed by atoms with Crippen molar-refractivity contribution >= 4 is 11.9 Å². The topological polar surface area (TPSA) is 44.8 Å². The Morgan fingerprint density at radius 3 is 2.55 bits per heavy atom. The molecule has 1 aliphatic heterocycles. The summed E-state index contributed by atoms with van der Waals surface area (Å²) >= 11 is 0. The zero-order valence-electron chi connectivity index (χ0n) is 11.9. The Morgan fingerprint density at radius 1 is 1.30 bits per heavy atom. The van der Waals surface area contributed by atoms with E-state index in [0.717, 1.165) is 11.3 Å². The van der Waals surface area contributed by atoms with Crippen LogP contribution in [0.1, 0.15) is 19.4 Å². The van der Waals surface area contributed by atoms with Crippen LogP contribution in [0.2, 0.25) is 0 Å². The van der Waals surface area contributed by atoms with Crippen molar-refractivity contribution < 1.29 is 19.0 Å². The minimum atomic E-state index is -0.583. The third-order valence-electron chi connectivity index (χ3n) is 3.22. The molecule has 0 spiro atoms. The van der Waals surface area contributed by atoms with Gasteiger partial charge < -0.3 is 14.2 Å². The van der Waals surface area contributed by atoms with Gasteiger partial charge in [-0.3, -0.25) is 4.79 Å². The van der Waals surface area contributed by atoms with Gasteiger partial charge in [0.25, 0.3) is 0 Å². The first-order valence-electron chi connectivity index (χ1n) is 6.75. The van der Waals surface area contributed by atoms with Gasteiger partial charge in [-0.1, -0.05) is 18.2 Å². The van der Waals surface area contributed by atoms with Crippen LogP contribution in [-0.2, 0) is 14.3 Å². The van der Waals surface area contributed by atoms with Gasteiger partial charge in [0.2, 0.25) is 0 Å². The Morgan fingerprint density at radius 2 is 1.95 bits per heavy atom. The van der Waals surface area contributed by atoms with Crippen molar-refractivity contribution in [2.45, 2.75) is 13.8 Å². The zero-order chi connectivity index (χ0) is 14.4. The number of ketones is 1. The summed E-state index contributed by atoms with van der Waals surface area (Å²) in [4.78, 5) is 12.2. The van der Waals surface area contributed by atoms with Crippen molar-refractivity contribution in [2.75, 3.05) is 26.6 Å². The van der Waals surface area contributed by atoms with Crippen LogP contribution in [0.5, 0.6) is 5.75 Å². The van der Waals surface area contributed by atoms with Gasteiger partial charge in [0, 0.05) is 0 Å². The Hall–Kier alpha value is -1.65. The van der Waals surface area contributed by atoms with E-state index in [2.05, 4.69) is 0 Å². The summed E-state index contributed by atoms with van der Waals surface area (Å²) in [5.74, 6) is 0.850. The van der Waals surface area contributed by atoms with Crippen LogP contribution in [0.3, 0.4) is 0 Å². The number of rotatable bonds is 5. The second kappa shape index (κ2) is 6.68. The van der Waals surface area contributed by atoms with Gasteiger partial charge in [-0.15, -0.1) is 0 Å². The number of hydrogen-bond donors (Lipinski definition) is 0. The highest BCUT2D eigenvalue weighted by Crippen LogP contribution is 2.23. The molecule has 0 bridgehead atoms. The number of benzene rings is 1. The minimum absolute atomic E-state index is 0.0195. The van der Waals surface area contributed by atoms with Crippen LogP contribution in [0.25, 0.3) is 6.08 Å². The lowest BCUT2D eigenvalue weighted by atomic mass is 9.86. The smallest absolute Gasteiger partial charge is 0.166 e. The average Bonchev–Trinajstić information content (AvgIpc) is 2.47. The van der Waals surface area contributed by atoms with Gasteiger partial charge in [0.15, 0.2) is 5.78 Å². The Bertz CT molecular complexity index is 470. The van der Waals surface area contributed by atoms with Crippen molar-refractivity contribution in [1.29, 1.82) is 0 Å². The van der Waals surface area contributed by atoms with Gasteiger partial charge in [-0.25, -0.2) is 0 Å². The van der Waals surface area contributed by atoms with Crippen LogP contribution >= 0.6 is 0 Å². The number of carbonyl (C=O) groups excluding carboxylic acids is 1. The van der Waals surface area contributed by atoms with Gasteiger partial charge in [0.05, 0.1) is 25.2 Å². The molecule has 108 valence electrons. The summed E-state index contributed by atoms with van der Waals surface area (Å²) in [5, 5.41) is 0. The molecule has 20 heavy (non-hydrogen) atoms. The van der Waals surface area contributed by atoms with Crippen molar-refractivity contribution in [2.24, 2.45) is 5.41 Å². The minimum Gasteiger partial charge on any atom is -0.494 e. The number of hydrogen-bond acceptors (Lipinski definition) is 4. The first-order chi connectivity index (χ1) is 9.64. The van der Waals surface area contributed by atoms with Crippen LogP contribution in [0, 0.1) is 5.41 Å². The summed E-state index contributed by atoms with van der Waals surface area (Å²) in [6, 6.07) is 7.63. The monoisotopic (exact) mass is 276 g/mol. The van der Waals surface area contributed by atoms with Gasteiger partial charge in [0.1, 0.15) is 12.5 Å². The third kappa shape index (κ3) is 3.68. The predicted octanol–water partition coefficient (Wildman–Crippen LogP) is 2.68. The van der Waals surface area contributed by atoms with E-state index in [9.17, 15) is 4.79 Å². The quantitative estimate of drug-likeness (QED) is 0.776. The van der Waals surface area contributed by atoms with Crippen LogP contribution in [-0.4, -0.2) is 32.4 Å². The summed E-state index contributed by atoms with van der Waals surface area (Å²) in [6.45, 7) is 5.52. The predicted molar refractivity (Wildman–Crippen MR) is 76.5 cm³/mol. The molecule has 1 aromatic carbocycles. The fraction of sp³-hybridized carbons (Fsp3) is 0.438. The molecule has 4 nitrogen and oxygen atoms in total. The Balaban J connectivity index is 1.99. The van der Waals surface area contributed by atoms with Crippen LogP contribution < -0.4 is 4.74 Å². The van der Waals surface area contributed by atoms with Gasteiger partial charge in [-0.05, 0) is 37.6 Å². The molecule has 1 heterocycles. The fourth-order valence-corrected chi connectivity index (χ4v) is 1.99. The highest BCUT2D eigenvalue weighted by Gasteiger charge is 2.34. The van der Waals surface area contributed by atoms with E-state index in [1.54, 1.807) is 12.2 Å². The molecule has 4 heteroatoms. The molecule has 0 N–H and O–H groups in total. The van der Waals surface area contributed by atoms with E-state index in [1.807, 2.05) is 38.1 Å². The summed E-state index contributed by atoms with van der Waals surface area (Å²) in [7, 11) is 0. The van der Waals surface area contributed by atoms with Crippen molar-refractivity contribution in [3.8, 4) is 5.75 Å².